The average Bonchev–Trinajstić information content (AvgIpc) is 2.79. The predicted octanol–water partition coefficient (Wildman–Crippen LogP) is 2.13. The molecule has 0 saturated carbocycles. The van der Waals surface area contributed by atoms with E-state index in [1.54, 1.807) is 0 Å². The molecule has 0 bridgehead atoms. The maximum absolute atomic E-state index is 12.4. The number of ether oxygens (including phenoxy) is 1. The van der Waals surface area contributed by atoms with Gasteiger partial charge >= 0.3 is 0 Å². The number of hydrogen-bond donors (Lipinski definition) is 2. The van der Waals surface area contributed by atoms with E-state index in [-0.39, 0.29) is 18.3 Å². The third-order valence-electron chi connectivity index (χ3n) is 3.77. The van der Waals surface area contributed by atoms with E-state index in [9.17, 15) is 4.79 Å². The molecule has 1 aliphatic rings. The van der Waals surface area contributed by atoms with Crippen molar-refractivity contribution >= 4 is 34.8 Å². The number of nitrogens with one attached hydrogen (secondary N) is 1. The second kappa shape index (κ2) is 7.36. The van der Waals surface area contributed by atoms with Gasteiger partial charge in [-0.2, -0.15) is 0 Å². The molecule has 20 heavy (non-hydrogen) atoms. The quantitative estimate of drug-likeness (QED) is 0.891. The lowest BCUT2D eigenvalue weighted by molar-refractivity contribution is -0.130. The van der Waals surface area contributed by atoms with Crippen LogP contribution in [-0.4, -0.2) is 30.6 Å². The Balaban J connectivity index is 0.00000200. The molecular formula is C13H22ClN3O2S. The van der Waals surface area contributed by atoms with E-state index in [0.717, 1.165) is 17.0 Å². The molecule has 114 valence electrons. The summed E-state index contributed by atoms with van der Waals surface area (Å²) in [5, 5.41) is 3.61. The van der Waals surface area contributed by atoms with Gasteiger partial charge in [-0.25, -0.2) is 4.98 Å². The number of nitrogens with two attached hydrogens (primary N) is 1. The minimum Gasteiger partial charge on any atom is -0.381 e. The van der Waals surface area contributed by atoms with Crippen LogP contribution in [0, 0.1) is 12.3 Å². The predicted molar refractivity (Wildman–Crippen MR) is 83.6 cm³/mol. The summed E-state index contributed by atoms with van der Waals surface area (Å²) in [4.78, 5) is 18.1. The normalized spacial score (nSPS) is 17.4. The molecule has 1 amide bonds. The Hall–Kier alpha value is -0.690. The number of hydrogen-bond acceptors (Lipinski definition) is 5. The highest BCUT2D eigenvalue weighted by Crippen LogP contribution is 2.32. The Labute approximate surface area is 129 Å². The minimum atomic E-state index is -0.496. The van der Waals surface area contributed by atoms with E-state index in [1.807, 2.05) is 6.92 Å². The molecule has 1 aliphatic heterocycles. The highest BCUT2D eigenvalue weighted by Gasteiger charge is 2.39. The molecule has 1 aromatic heterocycles. The van der Waals surface area contributed by atoms with E-state index >= 15 is 0 Å². The molecule has 5 nitrogen and oxygen atoms in total. The van der Waals surface area contributed by atoms with E-state index in [1.165, 1.54) is 11.3 Å². The van der Waals surface area contributed by atoms with E-state index in [4.69, 9.17) is 10.5 Å². The van der Waals surface area contributed by atoms with Crippen molar-refractivity contribution in [2.45, 2.75) is 33.1 Å². The van der Waals surface area contributed by atoms with Crippen LogP contribution in [0.1, 0.15) is 30.3 Å². The van der Waals surface area contributed by atoms with Crippen LogP contribution in [0.3, 0.4) is 0 Å². The van der Waals surface area contributed by atoms with Gasteiger partial charge in [-0.15, -0.1) is 23.7 Å². The zero-order valence-electron chi connectivity index (χ0n) is 11.9. The molecule has 2 rings (SSSR count). The molecule has 1 fully saturated rings. The van der Waals surface area contributed by atoms with Gasteiger partial charge in [0.15, 0.2) is 5.13 Å². The molecule has 3 N–H and O–H groups in total. The molecule has 0 radical (unpaired) electrons. The Bertz CT molecular complexity index is 458. The Morgan fingerprint density at radius 2 is 2.15 bits per heavy atom. The summed E-state index contributed by atoms with van der Waals surface area (Å²) in [5.41, 5.74) is 6.37. The number of carbonyl (C=O) groups is 1. The lowest BCUT2D eigenvalue weighted by atomic mass is 9.79. The van der Waals surface area contributed by atoms with Crippen molar-refractivity contribution in [3.63, 3.8) is 0 Å². The second-order valence-electron chi connectivity index (χ2n) is 4.93. The Morgan fingerprint density at radius 3 is 2.65 bits per heavy atom. The summed E-state index contributed by atoms with van der Waals surface area (Å²) in [5.74, 6) is -0.0188. The summed E-state index contributed by atoms with van der Waals surface area (Å²) in [6.07, 6.45) is 2.24. The standard InChI is InChI=1S/C13H21N3O2S.ClH/c1-3-10-9(2)19-12(15-10)16-11(17)13(8-14)4-6-18-7-5-13;/h3-8,14H2,1-2H3,(H,15,16,17);1H. The number of anilines is 1. The molecule has 2 heterocycles. The average molecular weight is 320 g/mol. The van der Waals surface area contributed by atoms with Crippen LogP contribution in [0.2, 0.25) is 0 Å². The van der Waals surface area contributed by atoms with E-state index < -0.39 is 5.41 Å². The summed E-state index contributed by atoms with van der Waals surface area (Å²) in [7, 11) is 0. The highest BCUT2D eigenvalue weighted by atomic mass is 35.5. The lowest BCUT2D eigenvalue weighted by Gasteiger charge is -2.34. The van der Waals surface area contributed by atoms with Gasteiger partial charge in [0.25, 0.3) is 0 Å². The van der Waals surface area contributed by atoms with Crippen molar-refractivity contribution in [3.05, 3.63) is 10.6 Å². The van der Waals surface area contributed by atoms with Crippen LogP contribution in [0.15, 0.2) is 0 Å². The van der Waals surface area contributed by atoms with Gasteiger partial charge in [-0.1, -0.05) is 6.92 Å². The monoisotopic (exact) mass is 319 g/mol. The van der Waals surface area contributed by atoms with E-state index in [0.29, 0.717) is 37.7 Å². The first-order valence-electron chi connectivity index (χ1n) is 6.67. The fraction of sp³-hybridized carbons (Fsp3) is 0.692. The maximum atomic E-state index is 12.4. The number of aromatic nitrogens is 1. The second-order valence-corrected chi connectivity index (χ2v) is 6.13. The van der Waals surface area contributed by atoms with Gasteiger partial charge < -0.3 is 15.8 Å². The summed E-state index contributed by atoms with van der Waals surface area (Å²) >= 11 is 1.53. The van der Waals surface area contributed by atoms with Crippen LogP contribution in [0.5, 0.6) is 0 Å². The number of thiazole rings is 1. The van der Waals surface area contributed by atoms with Crippen LogP contribution >= 0.6 is 23.7 Å². The maximum Gasteiger partial charge on any atom is 0.233 e. The third kappa shape index (κ3) is 3.49. The van der Waals surface area contributed by atoms with Crippen molar-refractivity contribution < 1.29 is 9.53 Å². The van der Waals surface area contributed by atoms with Crippen LogP contribution in [0.4, 0.5) is 5.13 Å². The first kappa shape index (κ1) is 17.4. The molecule has 0 spiro atoms. The fourth-order valence-electron chi connectivity index (χ4n) is 2.33. The van der Waals surface area contributed by atoms with E-state index in [2.05, 4.69) is 17.2 Å². The van der Waals surface area contributed by atoms with Crippen molar-refractivity contribution in [1.29, 1.82) is 0 Å². The summed E-state index contributed by atoms with van der Waals surface area (Å²) in [6, 6.07) is 0. The number of aryl methyl sites for hydroxylation is 2. The topological polar surface area (TPSA) is 77.2 Å². The van der Waals surface area contributed by atoms with Crippen molar-refractivity contribution in [3.8, 4) is 0 Å². The zero-order chi connectivity index (χ0) is 13.9. The number of amides is 1. The first-order chi connectivity index (χ1) is 9.11. The fourth-order valence-corrected chi connectivity index (χ4v) is 3.22. The van der Waals surface area contributed by atoms with Crippen molar-refractivity contribution in [2.24, 2.45) is 11.1 Å². The summed E-state index contributed by atoms with van der Waals surface area (Å²) in [6.45, 7) is 5.64. The number of rotatable bonds is 4. The summed E-state index contributed by atoms with van der Waals surface area (Å²) < 4.78 is 5.32. The third-order valence-corrected chi connectivity index (χ3v) is 4.70. The van der Waals surface area contributed by atoms with Gasteiger partial charge in [-0.05, 0) is 26.2 Å². The smallest absolute Gasteiger partial charge is 0.233 e. The lowest BCUT2D eigenvalue weighted by Crippen LogP contribution is -2.46. The molecule has 0 unspecified atom stereocenters. The molecule has 1 saturated heterocycles. The highest BCUT2D eigenvalue weighted by molar-refractivity contribution is 7.15. The van der Waals surface area contributed by atoms with Crippen LogP contribution in [-0.2, 0) is 16.0 Å². The van der Waals surface area contributed by atoms with Crippen molar-refractivity contribution in [2.75, 3.05) is 25.1 Å². The molecule has 1 aromatic rings. The molecule has 0 atom stereocenters. The van der Waals surface area contributed by atoms with Gasteiger partial charge in [-0.3, -0.25) is 4.79 Å². The zero-order valence-corrected chi connectivity index (χ0v) is 13.5. The van der Waals surface area contributed by atoms with Gasteiger partial charge in [0.05, 0.1) is 11.1 Å². The number of nitrogens with zero attached hydrogens (tertiary/aromatic N) is 1. The molecule has 0 aromatic carbocycles. The van der Waals surface area contributed by atoms with Gasteiger partial charge in [0, 0.05) is 24.6 Å². The van der Waals surface area contributed by atoms with Gasteiger partial charge in [0.1, 0.15) is 0 Å². The Kier molecular flexibility index (Phi) is 6.39. The number of carbonyl (C=O) groups excluding carboxylic acids is 1. The van der Waals surface area contributed by atoms with Crippen molar-refractivity contribution in [1.82, 2.24) is 4.98 Å². The SMILES string of the molecule is CCc1nc(NC(=O)C2(CN)CCOCC2)sc1C.Cl. The minimum absolute atomic E-state index is 0. The Morgan fingerprint density at radius 1 is 1.50 bits per heavy atom. The molecule has 7 heteroatoms. The largest absolute Gasteiger partial charge is 0.381 e. The van der Waals surface area contributed by atoms with Gasteiger partial charge in [0.2, 0.25) is 5.91 Å². The van der Waals surface area contributed by atoms with Crippen LogP contribution < -0.4 is 11.1 Å². The number of halogens is 1. The first-order valence-corrected chi connectivity index (χ1v) is 7.48. The molecule has 0 aliphatic carbocycles. The van der Waals surface area contributed by atoms with Crippen LogP contribution in [0.25, 0.3) is 0 Å². The molecular weight excluding hydrogens is 298 g/mol.